The maximum absolute atomic E-state index is 13.5. The molecule has 0 unspecified atom stereocenters. The molecule has 0 saturated heterocycles. The number of aromatic nitrogens is 3. The Kier molecular flexibility index (Phi) is 6.65. The highest BCUT2D eigenvalue weighted by Crippen LogP contribution is 2.33. The Morgan fingerprint density at radius 3 is 2.53 bits per heavy atom. The summed E-state index contributed by atoms with van der Waals surface area (Å²) >= 11 is 0. The molecule has 0 aliphatic carbocycles. The number of nitrogens with one attached hydrogen (secondary N) is 1. The van der Waals surface area contributed by atoms with Crippen LogP contribution in [0.25, 0.3) is 16.7 Å². The number of rotatable bonds is 6. The van der Waals surface area contributed by atoms with Crippen LogP contribution >= 0.6 is 0 Å². The Morgan fingerprint density at radius 1 is 1.08 bits per heavy atom. The lowest BCUT2D eigenvalue weighted by molar-refractivity contribution is -0.137. The number of anilines is 1. The number of carbonyl (C=O) groups is 2. The predicted octanol–water partition coefficient (Wildman–Crippen LogP) is 5.19. The lowest BCUT2D eigenvalue weighted by Crippen LogP contribution is -2.22. The highest BCUT2D eigenvalue weighted by molar-refractivity contribution is 6.08. The van der Waals surface area contributed by atoms with Crippen LogP contribution in [0.3, 0.4) is 0 Å². The summed E-state index contributed by atoms with van der Waals surface area (Å²) in [5, 5.41) is 7.40. The van der Waals surface area contributed by atoms with Gasteiger partial charge in [0.2, 0.25) is 0 Å². The van der Waals surface area contributed by atoms with E-state index in [1.54, 1.807) is 19.1 Å². The Labute approximate surface area is 203 Å². The van der Waals surface area contributed by atoms with Gasteiger partial charge in [-0.25, -0.2) is 9.78 Å². The third kappa shape index (κ3) is 4.59. The van der Waals surface area contributed by atoms with Gasteiger partial charge < -0.3 is 14.8 Å². The molecule has 0 saturated carbocycles. The molecular formula is C25H21F3N4O4. The van der Waals surface area contributed by atoms with Crippen LogP contribution in [0.1, 0.15) is 38.8 Å². The highest BCUT2D eigenvalue weighted by Gasteiger charge is 2.35. The van der Waals surface area contributed by atoms with Crippen LogP contribution < -0.4 is 10.1 Å². The van der Waals surface area contributed by atoms with Gasteiger partial charge >= 0.3 is 12.1 Å². The molecule has 2 heterocycles. The number of para-hydroxylation sites is 1. The first-order valence-electron chi connectivity index (χ1n) is 10.8. The third-order valence-electron chi connectivity index (χ3n) is 5.41. The average molecular weight is 498 g/mol. The number of pyridine rings is 1. The zero-order valence-electron chi connectivity index (χ0n) is 19.5. The Morgan fingerprint density at radius 2 is 1.83 bits per heavy atom. The van der Waals surface area contributed by atoms with Crippen LogP contribution in [0.4, 0.5) is 19.0 Å². The van der Waals surface area contributed by atoms with Crippen LogP contribution in [-0.2, 0) is 10.9 Å². The first-order valence-corrected chi connectivity index (χ1v) is 10.8. The van der Waals surface area contributed by atoms with Crippen molar-refractivity contribution in [3.63, 3.8) is 0 Å². The van der Waals surface area contributed by atoms with E-state index in [1.165, 1.54) is 23.9 Å². The second-order valence-electron chi connectivity index (χ2n) is 7.69. The van der Waals surface area contributed by atoms with E-state index in [0.717, 1.165) is 29.3 Å². The van der Waals surface area contributed by atoms with E-state index in [4.69, 9.17) is 9.47 Å². The Bertz CT molecular complexity index is 1460. The number of fused-ring (bicyclic) bond motifs is 1. The van der Waals surface area contributed by atoms with Crippen molar-refractivity contribution in [3.05, 3.63) is 77.0 Å². The zero-order valence-corrected chi connectivity index (χ0v) is 19.5. The van der Waals surface area contributed by atoms with Crippen molar-refractivity contribution in [1.82, 2.24) is 14.8 Å². The van der Waals surface area contributed by atoms with E-state index in [1.807, 2.05) is 19.1 Å². The number of esters is 1. The minimum absolute atomic E-state index is 0.0405. The topological polar surface area (TPSA) is 95.3 Å². The number of hydrogen-bond donors (Lipinski definition) is 1. The van der Waals surface area contributed by atoms with Gasteiger partial charge in [-0.3, -0.25) is 4.79 Å². The zero-order chi connectivity index (χ0) is 26.0. The molecule has 11 heteroatoms. The Balaban J connectivity index is 1.87. The monoisotopic (exact) mass is 498 g/mol. The van der Waals surface area contributed by atoms with E-state index in [2.05, 4.69) is 15.4 Å². The number of halogens is 3. The van der Waals surface area contributed by atoms with Gasteiger partial charge in [-0.1, -0.05) is 24.3 Å². The van der Waals surface area contributed by atoms with Crippen molar-refractivity contribution in [1.29, 1.82) is 0 Å². The number of amides is 1. The molecule has 4 rings (SSSR count). The standard InChI is InChI=1S/C25H21F3N4O4/c1-4-36-24(34)17-13-29-32(20-12-14(2)15-9-7-11-19(35-3)21(15)30-20)22(17)31-23(33)16-8-5-6-10-18(16)25(26,27)28/h5-13H,4H2,1-3H3,(H,31,33). The van der Waals surface area contributed by atoms with E-state index in [-0.39, 0.29) is 23.8 Å². The van der Waals surface area contributed by atoms with Crippen molar-refractivity contribution in [2.24, 2.45) is 0 Å². The number of aryl methyl sites for hydroxylation is 1. The average Bonchev–Trinajstić information content (AvgIpc) is 3.26. The second kappa shape index (κ2) is 9.68. The number of ether oxygens (including phenoxy) is 2. The first-order chi connectivity index (χ1) is 17.2. The lowest BCUT2D eigenvalue weighted by Gasteiger charge is -2.15. The molecule has 1 amide bonds. The van der Waals surface area contributed by atoms with E-state index >= 15 is 0 Å². The molecule has 186 valence electrons. The smallest absolute Gasteiger partial charge is 0.417 e. The highest BCUT2D eigenvalue weighted by atomic mass is 19.4. The predicted molar refractivity (Wildman–Crippen MR) is 126 cm³/mol. The van der Waals surface area contributed by atoms with Gasteiger partial charge in [-0.05, 0) is 43.7 Å². The van der Waals surface area contributed by atoms with Crippen molar-refractivity contribution in [3.8, 4) is 11.6 Å². The van der Waals surface area contributed by atoms with Gasteiger partial charge in [0.15, 0.2) is 11.6 Å². The molecule has 0 fully saturated rings. The van der Waals surface area contributed by atoms with Crippen molar-refractivity contribution < 1.29 is 32.2 Å². The molecule has 1 N–H and O–H groups in total. The number of nitrogens with zero attached hydrogens (tertiary/aromatic N) is 3. The van der Waals surface area contributed by atoms with E-state index < -0.39 is 29.2 Å². The summed E-state index contributed by atoms with van der Waals surface area (Å²) in [7, 11) is 1.50. The van der Waals surface area contributed by atoms with Crippen LogP contribution in [0.15, 0.2) is 54.7 Å². The summed E-state index contributed by atoms with van der Waals surface area (Å²) in [4.78, 5) is 30.2. The second-order valence-corrected chi connectivity index (χ2v) is 7.69. The van der Waals surface area contributed by atoms with Crippen LogP contribution in [0.2, 0.25) is 0 Å². The lowest BCUT2D eigenvalue weighted by atomic mass is 10.1. The molecule has 0 atom stereocenters. The number of benzene rings is 2. The van der Waals surface area contributed by atoms with Gasteiger partial charge in [0, 0.05) is 5.39 Å². The normalized spacial score (nSPS) is 11.4. The molecule has 0 radical (unpaired) electrons. The molecule has 2 aromatic carbocycles. The quantitative estimate of drug-likeness (QED) is 0.368. The summed E-state index contributed by atoms with van der Waals surface area (Å²) < 4.78 is 52.2. The van der Waals surface area contributed by atoms with Gasteiger partial charge in [0.25, 0.3) is 5.91 Å². The molecule has 0 bridgehead atoms. The maximum Gasteiger partial charge on any atom is 0.417 e. The van der Waals surface area contributed by atoms with Gasteiger partial charge in [0.1, 0.15) is 16.8 Å². The van der Waals surface area contributed by atoms with E-state index in [0.29, 0.717) is 11.3 Å². The molecular weight excluding hydrogens is 477 g/mol. The fourth-order valence-corrected chi connectivity index (χ4v) is 3.75. The molecule has 2 aromatic heterocycles. The molecule has 8 nitrogen and oxygen atoms in total. The van der Waals surface area contributed by atoms with Crippen molar-refractivity contribution in [2.75, 3.05) is 19.0 Å². The molecule has 0 aliphatic rings. The fourth-order valence-electron chi connectivity index (χ4n) is 3.75. The van der Waals surface area contributed by atoms with Crippen molar-refractivity contribution in [2.45, 2.75) is 20.0 Å². The summed E-state index contributed by atoms with van der Waals surface area (Å²) in [5.74, 6) is -1.38. The third-order valence-corrected chi connectivity index (χ3v) is 5.41. The number of methoxy groups -OCH3 is 1. The van der Waals surface area contributed by atoms with Crippen LogP contribution in [0, 0.1) is 6.92 Å². The van der Waals surface area contributed by atoms with Crippen LogP contribution in [0.5, 0.6) is 5.75 Å². The van der Waals surface area contributed by atoms with E-state index in [9.17, 15) is 22.8 Å². The summed E-state index contributed by atoms with van der Waals surface area (Å²) in [6.07, 6.45) is -3.60. The maximum atomic E-state index is 13.5. The summed E-state index contributed by atoms with van der Waals surface area (Å²) in [6, 6.07) is 11.4. The molecule has 4 aromatic rings. The van der Waals surface area contributed by atoms with Crippen molar-refractivity contribution >= 4 is 28.6 Å². The number of hydrogen-bond acceptors (Lipinski definition) is 6. The molecule has 0 spiro atoms. The molecule has 36 heavy (non-hydrogen) atoms. The number of alkyl halides is 3. The van der Waals surface area contributed by atoms with Gasteiger partial charge in [-0.15, -0.1) is 0 Å². The van der Waals surface area contributed by atoms with Gasteiger partial charge in [-0.2, -0.15) is 23.0 Å². The largest absolute Gasteiger partial charge is 0.494 e. The van der Waals surface area contributed by atoms with Gasteiger partial charge in [0.05, 0.1) is 31.0 Å². The first kappa shape index (κ1) is 24.7. The fraction of sp³-hybridized carbons (Fsp3) is 0.200. The number of carbonyl (C=O) groups excluding carboxylic acids is 2. The summed E-state index contributed by atoms with van der Waals surface area (Å²) in [5.41, 5.74) is -0.577. The minimum Gasteiger partial charge on any atom is -0.494 e. The summed E-state index contributed by atoms with van der Waals surface area (Å²) in [6.45, 7) is 3.47. The van der Waals surface area contributed by atoms with Crippen LogP contribution in [-0.4, -0.2) is 40.4 Å². The molecule has 0 aliphatic heterocycles. The Hall–Kier alpha value is -4.41. The minimum atomic E-state index is -4.76. The SMILES string of the molecule is CCOC(=O)c1cnn(-c2cc(C)c3cccc(OC)c3n2)c1NC(=O)c1ccccc1C(F)(F)F.